The van der Waals surface area contributed by atoms with Crippen molar-refractivity contribution in [2.75, 3.05) is 13.2 Å². The van der Waals surface area contributed by atoms with E-state index in [4.69, 9.17) is 27.9 Å². The van der Waals surface area contributed by atoms with Crippen LogP contribution in [0.15, 0.2) is 50.1 Å². The quantitative estimate of drug-likeness (QED) is 0.510. The number of thioether (sulfide) groups is 1. The number of benzene rings is 1. The van der Waals surface area contributed by atoms with Crippen LogP contribution >= 0.6 is 35.0 Å². The summed E-state index contributed by atoms with van der Waals surface area (Å²) in [5, 5.41) is 14.2. The van der Waals surface area contributed by atoms with E-state index in [2.05, 4.69) is 5.32 Å². The Bertz CT molecular complexity index is 602. The van der Waals surface area contributed by atoms with Gasteiger partial charge in [-0.3, -0.25) is 10.1 Å². The van der Waals surface area contributed by atoms with Crippen LogP contribution in [0.5, 0.6) is 0 Å². The van der Waals surface area contributed by atoms with Crippen LogP contribution in [-0.2, 0) is 4.74 Å². The lowest BCUT2D eigenvalue weighted by molar-refractivity contribution is -0.422. The van der Waals surface area contributed by atoms with Crippen molar-refractivity contribution in [2.24, 2.45) is 0 Å². The van der Waals surface area contributed by atoms with Crippen molar-refractivity contribution in [3.63, 3.8) is 0 Å². The molecule has 2 rings (SSSR count). The largest absolute Gasteiger partial charge is 0.472 e. The summed E-state index contributed by atoms with van der Waals surface area (Å²) in [6.07, 6.45) is 0. The number of hydrogen-bond acceptors (Lipinski definition) is 5. The normalized spacial score (nSPS) is 16.0. The Hall–Kier alpha value is -1.37. The Morgan fingerprint density at radius 3 is 2.52 bits per heavy atom. The second-order valence-electron chi connectivity index (χ2n) is 4.21. The molecule has 8 heteroatoms. The standard InChI is InChI=1S/C13H12Cl2N2O3S/c1-8-2-4-9(5-3-8)21-11(12(14)15)10(17(18)19)13-16-6-7-20-13/h2-5,16H,6-7H2,1H3/b13-10+. The Morgan fingerprint density at radius 2 is 2.05 bits per heavy atom. The zero-order chi connectivity index (χ0) is 15.4. The number of rotatable bonds is 4. The van der Waals surface area contributed by atoms with Crippen molar-refractivity contribution >= 4 is 35.0 Å². The molecule has 0 unspecified atom stereocenters. The number of ether oxygens (including phenoxy) is 1. The maximum atomic E-state index is 11.3. The third-order valence-corrected chi connectivity index (χ3v) is 4.37. The van der Waals surface area contributed by atoms with E-state index < -0.39 is 4.92 Å². The van der Waals surface area contributed by atoms with Gasteiger partial charge in [0.25, 0.3) is 5.88 Å². The molecule has 0 spiro atoms. The first kappa shape index (κ1) is 16.0. The summed E-state index contributed by atoms with van der Waals surface area (Å²) in [6, 6.07) is 7.51. The van der Waals surface area contributed by atoms with Gasteiger partial charge in [-0.15, -0.1) is 0 Å². The highest BCUT2D eigenvalue weighted by Gasteiger charge is 2.30. The number of nitrogens with zero attached hydrogens (tertiary/aromatic N) is 1. The van der Waals surface area contributed by atoms with Crippen LogP contribution < -0.4 is 5.32 Å². The molecule has 0 bridgehead atoms. The molecule has 1 heterocycles. The van der Waals surface area contributed by atoms with Crippen molar-refractivity contribution in [1.82, 2.24) is 5.32 Å². The molecule has 0 amide bonds. The van der Waals surface area contributed by atoms with Crippen LogP contribution in [0.3, 0.4) is 0 Å². The maximum absolute atomic E-state index is 11.3. The van der Waals surface area contributed by atoms with Gasteiger partial charge in [-0.05, 0) is 19.1 Å². The maximum Gasteiger partial charge on any atom is 0.344 e. The molecule has 5 nitrogen and oxygen atoms in total. The topological polar surface area (TPSA) is 64.4 Å². The summed E-state index contributed by atoms with van der Waals surface area (Å²) < 4.78 is 5.06. The summed E-state index contributed by atoms with van der Waals surface area (Å²) in [4.78, 5) is 11.7. The van der Waals surface area contributed by atoms with E-state index in [-0.39, 0.29) is 21.0 Å². The van der Waals surface area contributed by atoms with Crippen LogP contribution in [0, 0.1) is 17.0 Å². The Labute approximate surface area is 136 Å². The molecule has 1 aromatic rings. The smallest absolute Gasteiger partial charge is 0.344 e. The minimum atomic E-state index is -0.547. The number of hydrogen-bond donors (Lipinski definition) is 1. The second kappa shape index (κ2) is 7.06. The predicted molar refractivity (Wildman–Crippen MR) is 83.7 cm³/mol. The van der Waals surface area contributed by atoms with Crippen molar-refractivity contribution in [2.45, 2.75) is 11.8 Å². The van der Waals surface area contributed by atoms with Gasteiger partial charge in [0.2, 0.25) is 0 Å². The van der Waals surface area contributed by atoms with E-state index in [1.807, 2.05) is 31.2 Å². The molecule has 0 saturated carbocycles. The molecule has 0 atom stereocenters. The van der Waals surface area contributed by atoms with Gasteiger partial charge in [0, 0.05) is 4.90 Å². The van der Waals surface area contributed by atoms with Crippen molar-refractivity contribution in [3.8, 4) is 0 Å². The molecule has 0 radical (unpaired) electrons. The average Bonchev–Trinajstić information content (AvgIpc) is 2.93. The highest BCUT2D eigenvalue weighted by molar-refractivity contribution is 8.03. The molecule has 1 fully saturated rings. The molecular weight excluding hydrogens is 335 g/mol. The van der Waals surface area contributed by atoms with Crippen LogP contribution in [-0.4, -0.2) is 18.1 Å². The second-order valence-corrected chi connectivity index (χ2v) is 6.25. The van der Waals surface area contributed by atoms with Gasteiger partial charge in [-0.2, -0.15) is 0 Å². The molecular formula is C13H12Cl2N2O3S. The number of nitro groups is 1. The van der Waals surface area contributed by atoms with E-state index in [0.717, 1.165) is 22.2 Å². The highest BCUT2D eigenvalue weighted by Crippen LogP contribution is 2.38. The fourth-order valence-electron chi connectivity index (χ4n) is 1.69. The molecule has 1 aromatic carbocycles. The van der Waals surface area contributed by atoms with Gasteiger partial charge in [-0.25, -0.2) is 0 Å². The molecule has 112 valence electrons. The third kappa shape index (κ3) is 4.06. The van der Waals surface area contributed by atoms with Crippen molar-refractivity contribution in [1.29, 1.82) is 0 Å². The number of nitrogens with one attached hydrogen (secondary N) is 1. The minimum Gasteiger partial charge on any atom is -0.472 e. The summed E-state index contributed by atoms with van der Waals surface area (Å²) >= 11 is 12.8. The Morgan fingerprint density at radius 1 is 1.38 bits per heavy atom. The summed E-state index contributed by atoms with van der Waals surface area (Å²) in [5.74, 6) is 0.0911. The SMILES string of the molecule is Cc1ccc(SC(=C(Cl)Cl)/C(=C2/NCCO2)[N+](=O)[O-])cc1. The van der Waals surface area contributed by atoms with Gasteiger partial charge in [0.15, 0.2) is 0 Å². The van der Waals surface area contributed by atoms with Gasteiger partial charge in [-0.1, -0.05) is 52.7 Å². The molecule has 1 aliphatic rings. The predicted octanol–water partition coefficient (Wildman–Crippen LogP) is 3.80. The number of aryl methyl sites for hydroxylation is 1. The third-order valence-electron chi connectivity index (χ3n) is 2.66. The zero-order valence-electron chi connectivity index (χ0n) is 11.1. The van der Waals surface area contributed by atoms with E-state index >= 15 is 0 Å². The molecule has 1 saturated heterocycles. The first-order valence-corrected chi connectivity index (χ1v) is 7.62. The van der Waals surface area contributed by atoms with Crippen LogP contribution in [0.2, 0.25) is 0 Å². The van der Waals surface area contributed by atoms with Gasteiger partial charge in [0.05, 0.1) is 11.5 Å². The monoisotopic (exact) mass is 346 g/mol. The highest BCUT2D eigenvalue weighted by atomic mass is 35.5. The van der Waals surface area contributed by atoms with Crippen LogP contribution in [0.25, 0.3) is 0 Å². The van der Waals surface area contributed by atoms with Crippen molar-refractivity contribution in [3.05, 3.63) is 60.9 Å². The fourth-order valence-corrected chi connectivity index (χ4v) is 2.95. The lowest BCUT2D eigenvalue weighted by atomic mass is 10.2. The molecule has 1 N–H and O–H groups in total. The zero-order valence-corrected chi connectivity index (χ0v) is 13.4. The van der Waals surface area contributed by atoms with E-state index in [0.29, 0.717) is 13.2 Å². The molecule has 0 aromatic heterocycles. The Balaban J connectivity index is 2.38. The van der Waals surface area contributed by atoms with Gasteiger partial charge < -0.3 is 10.1 Å². The first-order valence-electron chi connectivity index (χ1n) is 6.04. The summed E-state index contributed by atoms with van der Waals surface area (Å²) in [6.45, 7) is 2.84. The lowest BCUT2D eigenvalue weighted by Crippen LogP contribution is -2.13. The average molecular weight is 347 g/mol. The molecule has 0 aliphatic carbocycles. The fraction of sp³-hybridized carbons (Fsp3) is 0.231. The first-order chi connectivity index (χ1) is 9.99. The number of halogens is 2. The van der Waals surface area contributed by atoms with Gasteiger partial charge >= 0.3 is 5.70 Å². The molecule has 21 heavy (non-hydrogen) atoms. The summed E-state index contributed by atoms with van der Waals surface area (Å²) in [5.41, 5.74) is 0.841. The molecule has 1 aliphatic heterocycles. The summed E-state index contributed by atoms with van der Waals surface area (Å²) in [7, 11) is 0. The van der Waals surface area contributed by atoms with Crippen molar-refractivity contribution < 1.29 is 9.66 Å². The Kier molecular flexibility index (Phi) is 5.39. The van der Waals surface area contributed by atoms with Gasteiger partial charge in [0.1, 0.15) is 16.0 Å². The van der Waals surface area contributed by atoms with E-state index in [1.165, 1.54) is 0 Å². The van der Waals surface area contributed by atoms with Crippen LogP contribution in [0.1, 0.15) is 5.56 Å². The lowest BCUT2D eigenvalue weighted by Gasteiger charge is -2.08. The van der Waals surface area contributed by atoms with Crippen LogP contribution in [0.4, 0.5) is 0 Å². The van der Waals surface area contributed by atoms with E-state index in [1.54, 1.807) is 0 Å². The minimum absolute atomic E-state index is 0.0911. The van der Waals surface area contributed by atoms with E-state index in [9.17, 15) is 10.1 Å².